The molecule has 3 N–H and O–H groups in total. The van der Waals surface area contributed by atoms with Crippen LogP contribution in [0.15, 0.2) is 41.8 Å². The molecule has 5 nitrogen and oxygen atoms in total. The van der Waals surface area contributed by atoms with E-state index in [4.69, 9.17) is 5.73 Å². The second kappa shape index (κ2) is 6.83. The Balaban J connectivity index is 1.72. The van der Waals surface area contributed by atoms with Crippen LogP contribution < -0.4 is 11.1 Å². The van der Waals surface area contributed by atoms with Gasteiger partial charge < -0.3 is 16.0 Å². The van der Waals surface area contributed by atoms with Gasteiger partial charge in [0.15, 0.2) is 0 Å². The van der Waals surface area contributed by atoms with Gasteiger partial charge in [0.1, 0.15) is 6.04 Å². The summed E-state index contributed by atoms with van der Waals surface area (Å²) in [6.45, 7) is 1.04. The summed E-state index contributed by atoms with van der Waals surface area (Å²) < 4.78 is 0. The first-order valence-corrected chi connectivity index (χ1v) is 8.49. The van der Waals surface area contributed by atoms with Gasteiger partial charge in [-0.05, 0) is 29.5 Å². The van der Waals surface area contributed by atoms with Crippen molar-refractivity contribution in [2.75, 3.05) is 18.8 Å². The zero-order valence-corrected chi connectivity index (χ0v) is 13.5. The zero-order valence-electron chi connectivity index (χ0n) is 12.7. The highest BCUT2D eigenvalue weighted by atomic mass is 32.1. The molecule has 0 spiro atoms. The Morgan fingerprint density at radius 1 is 1.30 bits per heavy atom. The lowest BCUT2D eigenvalue weighted by Gasteiger charge is -2.34. The number of carbonyl (C=O) groups is 2. The van der Waals surface area contributed by atoms with Crippen molar-refractivity contribution in [1.29, 1.82) is 0 Å². The van der Waals surface area contributed by atoms with Gasteiger partial charge in [0, 0.05) is 30.1 Å². The Morgan fingerprint density at radius 2 is 2.13 bits per heavy atom. The average Bonchev–Trinajstić information content (AvgIpc) is 3.07. The highest BCUT2D eigenvalue weighted by molar-refractivity contribution is 7.10. The normalized spacial score (nSPS) is 17.8. The quantitative estimate of drug-likeness (QED) is 0.842. The predicted molar refractivity (Wildman–Crippen MR) is 91.0 cm³/mol. The van der Waals surface area contributed by atoms with Crippen LogP contribution in [0.5, 0.6) is 0 Å². The fraction of sp³-hybridized carbons (Fsp3) is 0.294. The summed E-state index contributed by atoms with van der Waals surface area (Å²) in [4.78, 5) is 27.4. The van der Waals surface area contributed by atoms with Gasteiger partial charge in [0.2, 0.25) is 11.8 Å². The summed E-state index contributed by atoms with van der Waals surface area (Å²) in [5, 5.41) is 4.76. The van der Waals surface area contributed by atoms with Gasteiger partial charge in [-0.3, -0.25) is 9.59 Å². The molecule has 1 fully saturated rings. The van der Waals surface area contributed by atoms with Crippen molar-refractivity contribution < 1.29 is 9.59 Å². The molecule has 23 heavy (non-hydrogen) atoms. The van der Waals surface area contributed by atoms with Crippen molar-refractivity contribution in [3.05, 3.63) is 52.2 Å². The Bertz CT molecular complexity index is 700. The molecule has 1 saturated heterocycles. The highest BCUT2D eigenvalue weighted by Gasteiger charge is 2.34. The van der Waals surface area contributed by atoms with Crippen LogP contribution in [0, 0.1) is 0 Å². The fourth-order valence-electron chi connectivity index (χ4n) is 2.81. The Labute approximate surface area is 139 Å². The number of para-hydroxylation sites is 1. The molecular weight excluding hydrogens is 310 g/mol. The lowest BCUT2D eigenvalue weighted by molar-refractivity contribution is -0.143. The van der Waals surface area contributed by atoms with Gasteiger partial charge in [0.25, 0.3) is 0 Å². The number of nitrogens with two attached hydrogens (primary N) is 1. The maximum atomic E-state index is 12.6. The number of nitrogen functional groups attached to an aromatic ring is 1. The van der Waals surface area contributed by atoms with Crippen LogP contribution in [-0.4, -0.2) is 29.8 Å². The van der Waals surface area contributed by atoms with Crippen molar-refractivity contribution >= 4 is 28.8 Å². The van der Waals surface area contributed by atoms with Crippen LogP contribution in [0.3, 0.4) is 0 Å². The summed E-state index contributed by atoms with van der Waals surface area (Å²) in [6.07, 6.45) is 0.935. The molecule has 2 aromatic rings. The lowest BCUT2D eigenvalue weighted by atomic mass is 10.1. The van der Waals surface area contributed by atoms with Crippen molar-refractivity contribution in [2.24, 2.45) is 0 Å². The molecule has 1 aromatic carbocycles. The van der Waals surface area contributed by atoms with Crippen LogP contribution in [0.2, 0.25) is 0 Å². The van der Waals surface area contributed by atoms with Crippen LogP contribution in [-0.2, 0) is 16.0 Å². The molecule has 0 aliphatic carbocycles. The third kappa shape index (κ3) is 3.37. The molecule has 1 aromatic heterocycles. The zero-order chi connectivity index (χ0) is 16.2. The van der Waals surface area contributed by atoms with Crippen LogP contribution in [0.1, 0.15) is 22.9 Å². The number of amides is 2. The molecular formula is C17H19N3O2S. The van der Waals surface area contributed by atoms with E-state index in [0.717, 1.165) is 10.4 Å². The van der Waals surface area contributed by atoms with E-state index in [1.54, 1.807) is 4.90 Å². The van der Waals surface area contributed by atoms with E-state index in [1.165, 1.54) is 11.3 Å². The first-order chi connectivity index (χ1) is 11.2. The smallest absolute Gasteiger partial charge is 0.248 e. The number of carbonyl (C=O) groups excluding carboxylic acids is 2. The summed E-state index contributed by atoms with van der Waals surface area (Å²) in [7, 11) is 0. The van der Waals surface area contributed by atoms with Crippen molar-refractivity contribution in [1.82, 2.24) is 10.2 Å². The van der Waals surface area contributed by atoms with Crippen LogP contribution in [0.25, 0.3) is 0 Å². The van der Waals surface area contributed by atoms with Gasteiger partial charge in [-0.15, -0.1) is 11.3 Å². The summed E-state index contributed by atoms with van der Waals surface area (Å²) >= 11 is 1.50. The second-order valence-electron chi connectivity index (χ2n) is 5.49. The maximum absolute atomic E-state index is 12.6. The van der Waals surface area contributed by atoms with E-state index in [9.17, 15) is 9.59 Å². The minimum atomic E-state index is -0.510. The Morgan fingerprint density at radius 3 is 2.87 bits per heavy atom. The van der Waals surface area contributed by atoms with Crippen molar-refractivity contribution in [3.8, 4) is 0 Å². The van der Waals surface area contributed by atoms with E-state index in [-0.39, 0.29) is 11.8 Å². The van der Waals surface area contributed by atoms with E-state index >= 15 is 0 Å². The minimum Gasteiger partial charge on any atom is -0.399 e. The van der Waals surface area contributed by atoms with E-state index < -0.39 is 6.04 Å². The molecule has 0 radical (unpaired) electrons. The second-order valence-corrected chi connectivity index (χ2v) is 6.47. The summed E-state index contributed by atoms with van der Waals surface area (Å²) in [6, 6.07) is 10.8. The van der Waals surface area contributed by atoms with Crippen molar-refractivity contribution in [3.63, 3.8) is 0 Å². The predicted octanol–water partition coefficient (Wildman–Crippen LogP) is 1.96. The number of benzene rings is 1. The molecule has 6 heteroatoms. The molecule has 1 aliphatic rings. The lowest BCUT2D eigenvalue weighted by Crippen LogP contribution is -2.52. The van der Waals surface area contributed by atoms with E-state index in [2.05, 4.69) is 5.32 Å². The number of thiophene rings is 1. The van der Waals surface area contributed by atoms with Gasteiger partial charge in [-0.1, -0.05) is 24.3 Å². The monoisotopic (exact) mass is 329 g/mol. The maximum Gasteiger partial charge on any atom is 0.248 e. The number of aryl methyl sites for hydroxylation is 1. The van der Waals surface area contributed by atoms with E-state index in [0.29, 0.717) is 31.6 Å². The number of nitrogens with one attached hydrogen (secondary N) is 1. The van der Waals surface area contributed by atoms with Gasteiger partial charge >= 0.3 is 0 Å². The number of anilines is 1. The van der Waals surface area contributed by atoms with Crippen LogP contribution >= 0.6 is 11.3 Å². The fourth-order valence-corrected chi connectivity index (χ4v) is 3.65. The van der Waals surface area contributed by atoms with Gasteiger partial charge in [0.05, 0.1) is 0 Å². The molecule has 120 valence electrons. The molecule has 0 bridgehead atoms. The average molecular weight is 329 g/mol. The Kier molecular flexibility index (Phi) is 4.62. The number of nitrogens with zero attached hydrogens (tertiary/aromatic N) is 1. The summed E-state index contributed by atoms with van der Waals surface area (Å²) in [5.74, 6) is -0.118. The van der Waals surface area contributed by atoms with Crippen LogP contribution in [0.4, 0.5) is 5.69 Å². The first-order valence-electron chi connectivity index (χ1n) is 7.61. The molecule has 0 saturated carbocycles. The minimum absolute atomic E-state index is 0.0125. The van der Waals surface area contributed by atoms with E-state index in [1.807, 2.05) is 41.8 Å². The third-order valence-corrected chi connectivity index (χ3v) is 4.93. The number of hydrogen-bond acceptors (Lipinski definition) is 4. The number of hydrogen-bond donors (Lipinski definition) is 2. The molecule has 2 amide bonds. The molecule has 2 heterocycles. The molecule has 1 unspecified atom stereocenters. The molecule has 1 atom stereocenters. The SMILES string of the molecule is Nc1ccccc1CCC(=O)N1CCNC(=O)C1c1cccs1. The number of rotatable bonds is 4. The van der Waals surface area contributed by atoms with Crippen molar-refractivity contribution in [2.45, 2.75) is 18.9 Å². The van der Waals surface area contributed by atoms with Gasteiger partial charge in [-0.25, -0.2) is 0 Å². The third-order valence-electron chi connectivity index (χ3n) is 4.01. The molecule has 1 aliphatic heterocycles. The standard InChI is InChI=1S/C17H19N3O2S/c18-13-5-2-1-4-12(13)7-8-15(21)20-10-9-19-17(22)16(20)14-6-3-11-23-14/h1-6,11,16H,7-10,18H2,(H,19,22). The topological polar surface area (TPSA) is 75.4 Å². The highest BCUT2D eigenvalue weighted by Crippen LogP contribution is 2.28. The Hall–Kier alpha value is -2.34. The van der Waals surface area contributed by atoms with Gasteiger partial charge in [-0.2, -0.15) is 0 Å². The molecule has 3 rings (SSSR count). The number of piperazine rings is 1. The summed E-state index contributed by atoms with van der Waals surface area (Å²) in [5.41, 5.74) is 7.59. The largest absolute Gasteiger partial charge is 0.399 e. The first kappa shape index (κ1) is 15.6.